The van der Waals surface area contributed by atoms with Crippen molar-refractivity contribution in [1.82, 2.24) is 10.3 Å². The van der Waals surface area contributed by atoms with Gasteiger partial charge in [-0.25, -0.2) is 9.98 Å². The van der Waals surface area contributed by atoms with Gasteiger partial charge in [0.25, 0.3) is 0 Å². The summed E-state index contributed by atoms with van der Waals surface area (Å²) < 4.78 is 0. The second kappa shape index (κ2) is 2.54. The Morgan fingerprint density at radius 2 is 2.36 bits per heavy atom. The Morgan fingerprint density at radius 3 is 3.36 bits per heavy atom. The molecule has 0 aromatic carbocycles. The van der Waals surface area contributed by atoms with Crippen LogP contribution in [0.3, 0.4) is 0 Å². The average molecular weight is 145 g/mol. The van der Waals surface area contributed by atoms with E-state index in [2.05, 4.69) is 15.3 Å². The molecule has 2 rings (SSSR count). The lowest BCUT2D eigenvalue weighted by molar-refractivity contribution is 1.12. The predicted molar refractivity (Wildman–Crippen MR) is 41.8 cm³/mol. The smallest absolute Gasteiger partial charge is 0.160 e. The van der Waals surface area contributed by atoms with E-state index in [0.717, 1.165) is 10.7 Å². The molecule has 0 atom stereocenters. The van der Waals surface area contributed by atoms with Crippen molar-refractivity contribution in [3.05, 3.63) is 41.4 Å². The molecule has 0 bridgehead atoms. The minimum absolute atomic E-state index is 0.758. The Morgan fingerprint density at radius 1 is 1.36 bits per heavy atom. The quantitative estimate of drug-likeness (QED) is 0.535. The first kappa shape index (κ1) is 6.09. The SMILES string of the molecule is C1=CNC=c2cccnc2=N1. The summed E-state index contributed by atoms with van der Waals surface area (Å²) in [5.74, 6) is 0. The van der Waals surface area contributed by atoms with Crippen molar-refractivity contribution < 1.29 is 0 Å². The molecule has 1 aromatic rings. The van der Waals surface area contributed by atoms with Crippen LogP contribution in [0.4, 0.5) is 0 Å². The van der Waals surface area contributed by atoms with Gasteiger partial charge in [0, 0.05) is 30.0 Å². The van der Waals surface area contributed by atoms with Crippen molar-refractivity contribution in [2.24, 2.45) is 4.99 Å². The molecule has 2 heterocycles. The van der Waals surface area contributed by atoms with E-state index < -0.39 is 0 Å². The second-order valence-corrected chi connectivity index (χ2v) is 2.17. The van der Waals surface area contributed by atoms with Gasteiger partial charge in [0.15, 0.2) is 5.49 Å². The van der Waals surface area contributed by atoms with Crippen molar-refractivity contribution in [3.63, 3.8) is 0 Å². The van der Waals surface area contributed by atoms with Crippen molar-refractivity contribution in [2.45, 2.75) is 0 Å². The molecule has 0 amide bonds. The number of pyridine rings is 1. The summed E-state index contributed by atoms with van der Waals surface area (Å²) >= 11 is 0. The molecule has 1 aliphatic rings. The fourth-order valence-electron chi connectivity index (χ4n) is 0.919. The van der Waals surface area contributed by atoms with Gasteiger partial charge in [-0.3, -0.25) is 0 Å². The maximum absolute atomic E-state index is 4.10. The fraction of sp³-hybridized carbons (Fsp3) is 0. The molecule has 0 fully saturated rings. The van der Waals surface area contributed by atoms with Crippen molar-refractivity contribution in [1.29, 1.82) is 0 Å². The number of hydrogen-bond donors (Lipinski definition) is 1. The summed E-state index contributed by atoms with van der Waals surface area (Å²) in [6.07, 6.45) is 7.06. The summed E-state index contributed by atoms with van der Waals surface area (Å²) in [4.78, 5) is 8.19. The molecule has 0 saturated heterocycles. The third-order valence-corrected chi connectivity index (χ3v) is 1.42. The number of nitrogens with zero attached hydrogens (tertiary/aromatic N) is 2. The molecule has 3 heteroatoms. The van der Waals surface area contributed by atoms with E-state index in [9.17, 15) is 0 Å². The Hall–Kier alpha value is -1.64. The first-order valence-electron chi connectivity index (χ1n) is 3.37. The highest BCUT2D eigenvalue weighted by Crippen LogP contribution is 1.73. The minimum atomic E-state index is 0.758. The Balaban J connectivity index is 2.81. The summed E-state index contributed by atoms with van der Waals surface area (Å²) in [5, 5.41) is 3.98. The highest BCUT2D eigenvalue weighted by atomic mass is 14.9. The number of rotatable bonds is 0. The maximum Gasteiger partial charge on any atom is 0.160 e. The van der Waals surface area contributed by atoms with E-state index in [0.29, 0.717) is 0 Å². The number of nitrogens with one attached hydrogen (secondary N) is 1. The normalized spacial score (nSPS) is 13.5. The Labute approximate surface area is 63.8 Å². The van der Waals surface area contributed by atoms with Gasteiger partial charge in [0.1, 0.15) is 0 Å². The molecule has 1 aromatic heterocycles. The van der Waals surface area contributed by atoms with Gasteiger partial charge in [-0.15, -0.1) is 0 Å². The molecular formula is C8H7N3. The molecule has 3 nitrogen and oxygen atoms in total. The third kappa shape index (κ3) is 1.12. The zero-order valence-corrected chi connectivity index (χ0v) is 5.86. The summed E-state index contributed by atoms with van der Waals surface area (Å²) in [5.41, 5.74) is 0.758. The number of aromatic nitrogens is 1. The molecule has 54 valence electrons. The lowest BCUT2D eigenvalue weighted by Crippen LogP contribution is -2.28. The van der Waals surface area contributed by atoms with Crippen LogP contribution in [0.15, 0.2) is 35.7 Å². The lowest BCUT2D eigenvalue weighted by atomic mass is 10.4. The van der Waals surface area contributed by atoms with E-state index in [4.69, 9.17) is 0 Å². The number of hydrogen-bond acceptors (Lipinski definition) is 3. The fourth-order valence-corrected chi connectivity index (χ4v) is 0.919. The van der Waals surface area contributed by atoms with E-state index in [1.165, 1.54) is 0 Å². The zero-order valence-electron chi connectivity index (χ0n) is 5.86. The topological polar surface area (TPSA) is 37.3 Å². The van der Waals surface area contributed by atoms with Gasteiger partial charge >= 0.3 is 0 Å². The van der Waals surface area contributed by atoms with Crippen molar-refractivity contribution in [2.75, 3.05) is 0 Å². The van der Waals surface area contributed by atoms with Crippen LogP contribution < -0.4 is 16.0 Å². The van der Waals surface area contributed by atoms with E-state index >= 15 is 0 Å². The zero-order chi connectivity index (χ0) is 7.52. The Kier molecular flexibility index (Phi) is 1.41. The van der Waals surface area contributed by atoms with Crippen molar-refractivity contribution >= 4 is 6.20 Å². The largest absolute Gasteiger partial charge is 0.366 e. The van der Waals surface area contributed by atoms with Crippen LogP contribution in [0, 0.1) is 0 Å². The highest BCUT2D eigenvalue weighted by Gasteiger charge is 1.86. The van der Waals surface area contributed by atoms with E-state index in [1.54, 1.807) is 18.6 Å². The van der Waals surface area contributed by atoms with E-state index in [1.807, 2.05) is 18.3 Å². The van der Waals surface area contributed by atoms with Crippen LogP contribution in [0.2, 0.25) is 0 Å². The molecule has 0 aliphatic carbocycles. The summed E-state index contributed by atoms with van der Waals surface area (Å²) in [6, 6.07) is 3.85. The monoisotopic (exact) mass is 145 g/mol. The molecule has 1 aliphatic heterocycles. The van der Waals surface area contributed by atoms with Crippen LogP contribution in [-0.2, 0) is 0 Å². The first-order chi connectivity index (χ1) is 5.47. The van der Waals surface area contributed by atoms with Gasteiger partial charge < -0.3 is 5.32 Å². The summed E-state index contributed by atoms with van der Waals surface area (Å²) in [6.45, 7) is 0. The average Bonchev–Trinajstić information content (AvgIpc) is 2.28. The van der Waals surface area contributed by atoms with Crippen LogP contribution in [0.5, 0.6) is 0 Å². The molecule has 0 saturated carbocycles. The van der Waals surface area contributed by atoms with Crippen LogP contribution in [0.25, 0.3) is 6.20 Å². The maximum atomic E-state index is 4.10. The summed E-state index contributed by atoms with van der Waals surface area (Å²) in [7, 11) is 0. The first-order valence-corrected chi connectivity index (χ1v) is 3.37. The van der Waals surface area contributed by atoms with Gasteiger partial charge in [0.05, 0.1) is 0 Å². The molecule has 0 radical (unpaired) electrons. The predicted octanol–water partition coefficient (Wildman–Crippen LogP) is -0.486. The third-order valence-electron chi connectivity index (χ3n) is 1.42. The van der Waals surface area contributed by atoms with Crippen molar-refractivity contribution in [3.8, 4) is 0 Å². The minimum Gasteiger partial charge on any atom is -0.366 e. The number of fused-ring (bicyclic) bond motifs is 1. The van der Waals surface area contributed by atoms with Gasteiger partial charge in [0.2, 0.25) is 0 Å². The van der Waals surface area contributed by atoms with Crippen LogP contribution >= 0.6 is 0 Å². The highest BCUT2D eigenvalue weighted by molar-refractivity contribution is 5.22. The van der Waals surface area contributed by atoms with Crippen LogP contribution in [-0.4, -0.2) is 4.98 Å². The molecule has 11 heavy (non-hydrogen) atoms. The standard InChI is InChI=1S/C8H7N3/c1-2-7-6-9-4-5-11-8(7)10-3-1/h1-6,9H. The van der Waals surface area contributed by atoms with Gasteiger partial charge in [-0.1, -0.05) is 0 Å². The molecule has 0 spiro atoms. The molecule has 0 unspecified atom stereocenters. The lowest BCUT2D eigenvalue weighted by Gasteiger charge is -1.84. The van der Waals surface area contributed by atoms with Gasteiger partial charge in [-0.2, -0.15) is 0 Å². The van der Waals surface area contributed by atoms with Gasteiger partial charge in [-0.05, 0) is 12.1 Å². The Bertz CT molecular complexity index is 392. The molecule has 1 N–H and O–H groups in total. The second-order valence-electron chi connectivity index (χ2n) is 2.17. The van der Waals surface area contributed by atoms with E-state index in [-0.39, 0.29) is 0 Å². The van der Waals surface area contributed by atoms with Crippen LogP contribution in [0.1, 0.15) is 0 Å². The molecular weight excluding hydrogens is 138 g/mol.